The molecule has 0 unspecified atom stereocenters. The number of carbonyl (C=O) groups is 1. The fourth-order valence-electron chi connectivity index (χ4n) is 2.97. The molecule has 24 heavy (non-hydrogen) atoms. The van der Waals surface area contributed by atoms with Crippen LogP contribution in [0.25, 0.3) is 0 Å². The first-order valence-corrected chi connectivity index (χ1v) is 8.47. The van der Waals surface area contributed by atoms with Gasteiger partial charge in [-0.25, -0.2) is 0 Å². The zero-order chi connectivity index (χ0) is 16.9. The quantitative estimate of drug-likeness (QED) is 0.890. The molecule has 0 bridgehead atoms. The van der Waals surface area contributed by atoms with Crippen LogP contribution in [0.2, 0.25) is 0 Å². The van der Waals surface area contributed by atoms with Crippen LogP contribution in [0.5, 0.6) is 5.75 Å². The molecular weight excluding hydrogens is 300 g/mol. The second-order valence-corrected chi connectivity index (χ2v) is 6.45. The molecule has 1 saturated carbocycles. The van der Waals surface area contributed by atoms with Crippen molar-refractivity contribution in [1.29, 1.82) is 0 Å². The number of anilines is 2. The number of ether oxygens (including phenoxy) is 1. The Kier molecular flexibility index (Phi) is 5.04. The molecule has 4 nitrogen and oxygen atoms in total. The van der Waals surface area contributed by atoms with Crippen molar-refractivity contribution in [3.63, 3.8) is 0 Å². The average molecular weight is 324 g/mol. The van der Waals surface area contributed by atoms with Gasteiger partial charge >= 0.3 is 0 Å². The minimum atomic E-state index is -0.114. The van der Waals surface area contributed by atoms with Gasteiger partial charge in [0.15, 0.2) is 0 Å². The van der Waals surface area contributed by atoms with Crippen LogP contribution in [0.1, 0.15) is 36.0 Å². The number of nitrogens with zero attached hydrogens (tertiary/aromatic N) is 1. The summed E-state index contributed by atoms with van der Waals surface area (Å²) in [4.78, 5) is 14.5. The lowest BCUT2D eigenvalue weighted by molar-refractivity contribution is 0.102. The van der Waals surface area contributed by atoms with E-state index in [1.807, 2.05) is 67.5 Å². The maximum atomic E-state index is 12.5. The molecule has 1 amide bonds. The van der Waals surface area contributed by atoms with Crippen LogP contribution in [0.15, 0.2) is 48.5 Å². The SMILES string of the molecule is CN(C)c1cccc(C(=O)Nc2cccc(OC3CCCC3)c2)c1. The van der Waals surface area contributed by atoms with Gasteiger partial charge in [-0.1, -0.05) is 12.1 Å². The molecule has 0 radical (unpaired) electrons. The third-order valence-electron chi connectivity index (χ3n) is 4.32. The van der Waals surface area contributed by atoms with E-state index in [4.69, 9.17) is 4.74 Å². The maximum Gasteiger partial charge on any atom is 0.255 e. The maximum absolute atomic E-state index is 12.5. The number of rotatable bonds is 5. The van der Waals surface area contributed by atoms with Crippen molar-refractivity contribution in [1.82, 2.24) is 0 Å². The fraction of sp³-hybridized carbons (Fsp3) is 0.350. The van der Waals surface area contributed by atoms with Gasteiger partial charge in [-0.15, -0.1) is 0 Å². The summed E-state index contributed by atoms with van der Waals surface area (Å²) in [5.41, 5.74) is 2.40. The number of hydrogen-bond donors (Lipinski definition) is 1. The monoisotopic (exact) mass is 324 g/mol. The van der Waals surface area contributed by atoms with Crippen molar-refractivity contribution in [2.24, 2.45) is 0 Å². The first-order valence-electron chi connectivity index (χ1n) is 8.47. The molecule has 0 aliphatic heterocycles. The molecule has 0 saturated heterocycles. The molecule has 0 atom stereocenters. The van der Waals surface area contributed by atoms with Crippen molar-refractivity contribution < 1.29 is 9.53 Å². The van der Waals surface area contributed by atoms with Crippen LogP contribution in [0.4, 0.5) is 11.4 Å². The summed E-state index contributed by atoms with van der Waals surface area (Å²) in [6.45, 7) is 0. The number of hydrogen-bond acceptors (Lipinski definition) is 3. The van der Waals surface area contributed by atoms with E-state index in [1.165, 1.54) is 12.8 Å². The molecule has 1 aliphatic carbocycles. The summed E-state index contributed by atoms with van der Waals surface area (Å²) in [5, 5.41) is 2.95. The Morgan fingerprint density at radius 2 is 1.83 bits per heavy atom. The lowest BCUT2D eigenvalue weighted by atomic mass is 10.1. The number of carbonyl (C=O) groups excluding carboxylic acids is 1. The third kappa shape index (κ3) is 4.07. The normalized spacial score (nSPS) is 14.4. The number of benzene rings is 2. The summed E-state index contributed by atoms with van der Waals surface area (Å²) in [6, 6.07) is 15.2. The zero-order valence-electron chi connectivity index (χ0n) is 14.3. The molecule has 0 spiro atoms. The van der Waals surface area contributed by atoms with Gasteiger partial charge in [0.05, 0.1) is 6.10 Å². The van der Waals surface area contributed by atoms with Crippen molar-refractivity contribution in [3.8, 4) is 5.75 Å². The Balaban J connectivity index is 1.68. The summed E-state index contributed by atoms with van der Waals surface area (Å²) in [7, 11) is 3.92. The van der Waals surface area contributed by atoms with E-state index in [0.717, 1.165) is 30.0 Å². The smallest absolute Gasteiger partial charge is 0.255 e. The molecule has 2 aromatic carbocycles. The highest BCUT2D eigenvalue weighted by molar-refractivity contribution is 6.04. The van der Waals surface area contributed by atoms with E-state index >= 15 is 0 Å². The molecule has 2 aromatic rings. The largest absolute Gasteiger partial charge is 0.490 e. The van der Waals surface area contributed by atoms with Crippen LogP contribution >= 0.6 is 0 Å². The van der Waals surface area contributed by atoms with E-state index in [9.17, 15) is 4.79 Å². The second kappa shape index (κ2) is 7.39. The minimum absolute atomic E-state index is 0.114. The van der Waals surface area contributed by atoms with Crippen LogP contribution in [-0.2, 0) is 0 Å². The van der Waals surface area contributed by atoms with E-state index in [-0.39, 0.29) is 5.91 Å². The second-order valence-electron chi connectivity index (χ2n) is 6.45. The summed E-state index contributed by atoms with van der Waals surface area (Å²) in [5.74, 6) is 0.707. The Labute approximate surface area is 143 Å². The van der Waals surface area contributed by atoms with Crippen molar-refractivity contribution in [2.45, 2.75) is 31.8 Å². The molecule has 3 rings (SSSR count). The van der Waals surface area contributed by atoms with Gasteiger partial charge in [-0.2, -0.15) is 0 Å². The van der Waals surface area contributed by atoms with Gasteiger partial charge in [0.25, 0.3) is 5.91 Å². The lowest BCUT2D eigenvalue weighted by Crippen LogP contribution is -2.14. The molecular formula is C20H24N2O2. The standard InChI is InChI=1S/C20H24N2O2/c1-22(2)17-9-5-7-15(13-17)20(23)21-16-8-6-12-19(14-16)24-18-10-3-4-11-18/h5-9,12-14,18H,3-4,10-11H2,1-2H3,(H,21,23). The van der Waals surface area contributed by atoms with Gasteiger partial charge in [0.1, 0.15) is 5.75 Å². The van der Waals surface area contributed by atoms with Crippen LogP contribution in [0, 0.1) is 0 Å². The average Bonchev–Trinajstić information content (AvgIpc) is 3.08. The van der Waals surface area contributed by atoms with Crippen molar-refractivity contribution in [2.75, 3.05) is 24.3 Å². The number of amides is 1. The highest BCUT2D eigenvalue weighted by atomic mass is 16.5. The van der Waals surface area contributed by atoms with Crippen molar-refractivity contribution >= 4 is 17.3 Å². The number of nitrogens with one attached hydrogen (secondary N) is 1. The Hall–Kier alpha value is -2.49. The zero-order valence-corrected chi connectivity index (χ0v) is 14.3. The predicted octanol–water partition coefficient (Wildman–Crippen LogP) is 4.33. The summed E-state index contributed by atoms with van der Waals surface area (Å²) < 4.78 is 6.00. The topological polar surface area (TPSA) is 41.6 Å². The van der Waals surface area contributed by atoms with Gasteiger partial charge in [0, 0.05) is 37.1 Å². The molecule has 4 heteroatoms. The van der Waals surface area contributed by atoms with E-state index in [2.05, 4.69) is 5.32 Å². The Bertz CT molecular complexity index is 706. The highest BCUT2D eigenvalue weighted by Gasteiger charge is 2.16. The molecule has 0 aromatic heterocycles. The highest BCUT2D eigenvalue weighted by Crippen LogP contribution is 2.26. The molecule has 0 heterocycles. The fourth-order valence-corrected chi connectivity index (χ4v) is 2.97. The van der Waals surface area contributed by atoms with Crippen LogP contribution in [-0.4, -0.2) is 26.1 Å². The van der Waals surface area contributed by atoms with E-state index in [1.54, 1.807) is 0 Å². The van der Waals surface area contributed by atoms with E-state index in [0.29, 0.717) is 11.7 Å². The van der Waals surface area contributed by atoms with Gasteiger partial charge in [0.2, 0.25) is 0 Å². The predicted molar refractivity (Wildman–Crippen MR) is 98.0 cm³/mol. The first kappa shape index (κ1) is 16.4. The van der Waals surface area contributed by atoms with E-state index < -0.39 is 0 Å². The lowest BCUT2D eigenvalue weighted by Gasteiger charge is -2.15. The molecule has 1 N–H and O–H groups in total. The molecule has 1 fully saturated rings. The third-order valence-corrected chi connectivity index (χ3v) is 4.32. The van der Waals surface area contributed by atoms with Gasteiger partial charge in [-0.3, -0.25) is 4.79 Å². The van der Waals surface area contributed by atoms with Crippen LogP contribution < -0.4 is 15.0 Å². The van der Waals surface area contributed by atoms with Gasteiger partial charge in [-0.05, 0) is 56.0 Å². The molecule has 126 valence electrons. The molecule has 1 aliphatic rings. The minimum Gasteiger partial charge on any atom is -0.490 e. The summed E-state index contributed by atoms with van der Waals surface area (Å²) in [6.07, 6.45) is 5.03. The van der Waals surface area contributed by atoms with Gasteiger partial charge < -0.3 is 15.0 Å². The Morgan fingerprint density at radius 1 is 1.08 bits per heavy atom. The van der Waals surface area contributed by atoms with Crippen molar-refractivity contribution in [3.05, 3.63) is 54.1 Å². The van der Waals surface area contributed by atoms with Crippen LogP contribution in [0.3, 0.4) is 0 Å². The Morgan fingerprint density at radius 3 is 2.58 bits per heavy atom. The summed E-state index contributed by atoms with van der Waals surface area (Å²) >= 11 is 0. The first-order chi connectivity index (χ1) is 11.6.